The number of hydrogen-bond acceptors (Lipinski definition) is 5. The van der Waals surface area contributed by atoms with E-state index in [0.29, 0.717) is 11.3 Å². The fourth-order valence-electron chi connectivity index (χ4n) is 3.91. The molecule has 6 heteroatoms. The van der Waals surface area contributed by atoms with Gasteiger partial charge in [-0.15, -0.1) is 12.4 Å². The van der Waals surface area contributed by atoms with Gasteiger partial charge in [-0.3, -0.25) is 9.88 Å². The second kappa shape index (κ2) is 8.13. The number of rotatable bonds is 4. The minimum absolute atomic E-state index is 0. The second-order valence-corrected chi connectivity index (χ2v) is 7.00. The zero-order valence-corrected chi connectivity index (χ0v) is 15.2. The van der Waals surface area contributed by atoms with Crippen LogP contribution < -0.4 is 10.1 Å². The summed E-state index contributed by atoms with van der Waals surface area (Å²) in [4.78, 5) is 10.7. The molecule has 1 spiro atoms. The Bertz CT molecular complexity index is 659. The van der Waals surface area contributed by atoms with Gasteiger partial charge in [-0.05, 0) is 62.0 Å². The first-order chi connectivity index (χ1) is 11.8. The van der Waals surface area contributed by atoms with Gasteiger partial charge in [0, 0.05) is 25.5 Å². The van der Waals surface area contributed by atoms with E-state index < -0.39 is 0 Å². The van der Waals surface area contributed by atoms with Crippen molar-refractivity contribution < 1.29 is 4.74 Å². The number of benzene rings is 1. The number of hydrogen-bond donors (Lipinski definition) is 1. The third-order valence-electron chi connectivity index (χ3n) is 5.27. The second-order valence-electron chi connectivity index (χ2n) is 7.00. The summed E-state index contributed by atoms with van der Waals surface area (Å²) in [6, 6.07) is 8.33. The molecule has 4 rings (SSSR count). The summed E-state index contributed by atoms with van der Waals surface area (Å²) < 4.78 is 5.70. The van der Waals surface area contributed by atoms with E-state index in [-0.39, 0.29) is 12.4 Å². The van der Waals surface area contributed by atoms with E-state index in [0.717, 1.165) is 12.3 Å². The molecule has 0 saturated carbocycles. The first kappa shape index (κ1) is 18.1. The zero-order chi connectivity index (χ0) is 16.2. The molecule has 0 aliphatic carbocycles. The van der Waals surface area contributed by atoms with Crippen molar-refractivity contribution in [3.63, 3.8) is 0 Å². The van der Waals surface area contributed by atoms with Crippen LogP contribution in [0, 0.1) is 5.41 Å². The van der Waals surface area contributed by atoms with Gasteiger partial charge in [0.15, 0.2) is 0 Å². The van der Waals surface area contributed by atoms with Crippen molar-refractivity contribution in [1.29, 1.82) is 0 Å². The number of ether oxygens (including phenoxy) is 1. The minimum atomic E-state index is 0. The van der Waals surface area contributed by atoms with E-state index in [9.17, 15) is 0 Å². The Morgan fingerprint density at radius 3 is 2.60 bits per heavy atom. The van der Waals surface area contributed by atoms with Gasteiger partial charge in [0.25, 0.3) is 0 Å². The molecule has 0 amide bonds. The van der Waals surface area contributed by atoms with Crippen molar-refractivity contribution >= 4 is 12.4 Å². The van der Waals surface area contributed by atoms with Crippen LogP contribution in [0.5, 0.6) is 11.6 Å². The Kier molecular flexibility index (Phi) is 5.89. The first-order valence-corrected chi connectivity index (χ1v) is 8.77. The third kappa shape index (κ3) is 4.48. The molecule has 2 aliphatic rings. The van der Waals surface area contributed by atoms with E-state index in [2.05, 4.69) is 32.3 Å². The molecule has 2 aromatic rings. The topological polar surface area (TPSA) is 50.3 Å². The van der Waals surface area contributed by atoms with Crippen molar-refractivity contribution in [1.82, 2.24) is 20.2 Å². The number of nitrogens with zero attached hydrogens (tertiary/aromatic N) is 3. The van der Waals surface area contributed by atoms with Crippen LogP contribution in [0.4, 0.5) is 0 Å². The van der Waals surface area contributed by atoms with Gasteiger partial charge in [0.05, 0.1) is 6.20 Å². The molecule has 2 fully saturated rings. The number of halogens is 1. The molecule has 5 nitrogen and oxygen atoms in total. The normalized spacial score (nSPS) is 19.5. The van der Waals surface area contributed by atoms with Crippen LogP contribution in [0.15, 0.2) is 42.9 Å². The summed E-state index contributed by atoms with van der Waals surface area (Å²) in [5, 5.41) is 3.48. The third-order valence-corrected chi connectivity index (χ3v) is 5.27. The van der Waals surface area contributed by atoms with E-state index >= 15 is 0 Å². The van der Waals surface area contributed by atoms with Crippen LogP contribution in [0.3, 0.4) is 0 Å². The van der Waals surface area contributed by atoms with Crippen LogP contribution in [0.2, 0.25) is 0 Å². The maximum absolute atomic E-state index is 5.70. The van der Waals surface area contributed by atoms with Crippen LogP contribution >= 0.6 is 12.4 Å². The molecule has 0 bridgehead atoms. The predicted octanol–water partition coefficient (Wildman–Crippen LogP) is 3.27. The Morgan fingerprint density at radius 2 is 1.88 bits per heavy atom. The summed E-state index contributed by atoms with van der Waals surface area (Å²) in [5.41, 5.74) is 1.91. The molecule has 0 unspecified atom stereocenters. The van der Waals surface area contributed by atoms with Gasteiger partial charge in [0.1, 0.15) is 5.75 Å². The molecular formula is C19H25ClN4O. The molecule has 2 aliphatic heterocycles. The highest BCUT2D eigenvalue weighted by Gasteiger charge is 2.38. The highest BCUT2D eigenvalue weighted by atomic mass is 35.5. The lowest BCUT2D eigenvalue weighted by Crippen LogP contribution is -2.38. The van der Waals surface area contributed by atoms with Gasteiger partial charge in [-0.2, -0.15) is 0 Å². The van der Waals surface area contributed by atoms with E-state index in [1.54, 1.807) is 18.6 Å². The number of aromatic nitrogens is 2. The molecule has 134 valence electrons. The SMILES string of the molecule is Cl.c1cnc(Oc2ccc(CN3CCC4(CCNCC4)C3)cc2)cn1. The Balaban J connectivity index is 0.00000182. The van der Waals surface area contributed by atoms with Crippen molar-refractivity contribution in [2.24, 2.45) is 5.41 Å². The fourth-order valence-corrected chi connectivity index (χ4v) is 3.91. The summed E-state index contributed by atoms with van der Waals surface area (Å²) in [6.45, 7) is 5.86. The van der Waals surface area contributed by atoms with E-state index in [1.807, 2.05) is 12.1 Å². The minimum Gasteiger partial charge on any atom is -0.438 e. The lowest BCUT2D eigenvalue weighted by molar-refractivity contribution is 0.194. The summed E-state index contributed by atoms with van der Waals surface area (Å²) in [6.07, 6.45) is 8.90. The number of nitrogens with one attached hydrogen (secondary N) is 1. The molecule has 3 heterocycles. The lowest BCUT2D eigenvalue weighted by Gasteiger charge is -2.33. The number of piperidine rings is 1. The Hall–Kier alpha value is -1.69. The molecule has 1 aromatic heterocycles. The molecule has 1 N–H and O–H groups in total. The van der Waals surface area contributed by atoms with Crippen molar-refractivity contribution in [2.75, 3.05) is 26.2 Å². The molecule has 2 saturated heterocycles. The van der Waals surface area contributed by atoms with Gasteiger partial charge in [-0.1, -0.05) is 12.1 Å². The molecule has 0 atom stereocenters. The van der Waals surface area contributed by atoms with Crippen LogP contribution in [0.1, 0.15) is 24.8 Å². The lowest BCUT2D eigenvalue weighted by atomic mass is 9.78. The molecule has 25 heavy (non-hydrogen) atoms. The van der Waals surface area contributed by atoms with Crippen LogP contribution in [0.25, 0.3) is 0 Å². The average Bonchev–Trinajstić information content (AvgIpc) is 3.00. The Labute approximate surface area is 155 Å². The zero-order valence-electron chi connectivity index (χ0n) is 14.4. The predicted molar refractivity (Wildman–Crippen MR) is 100 cm³/mol. The van der Waals surface area contributed by atoms with Gasteiger partial charge in [0.2, 0.25) is 5.88 Å². The smallest absolute Gasteiger partial charge is 0.237 e. The van der Waals surface area contributed by atoms with Gasteiger partial charge >= 0.3 is 0 Å². The van der Waals surface area contributed by atoms with E-state index in [4.69, 9.17) is 4.74 Å². The van der Waals surface area contributed by atoms with Crippen LogP contribution in [-0.2, 0) is 6.54 Å². The van der Waals surface area contributed by atoms with Gasteiger partial charge < -0.3 is 10.1 Å². The maximum Gasteiger partial charge on any atom is 0.237 e. The standard InChI is InChI=1S/C19H24N4O.ClH/c1-3-17(24-18-13-21-10-11-22-18)4-2-16(1)14-23-12-7-19(15-23)5-8-20-9-6-19;/h1-4,10-11,13,20H,5-9,12,14-15H2;1H. The summed E-state index contributed by atoms with van der Waals surface area (Å²) in [5.74, 6) is 1.33. The fraction of sp³-hybridized carbons (Fsp3) is 0.474. The maximum atomic E-state index is 5.70. The van der Waals surface area contributed by atoms with Gasteiger partial charge in [-0.25, -0.2) is 4.98 Å². The molecule has 0 radical (unpaired) electrons. The average molecular weight is 361 g/mol. The molecule has 1 aromatic carbocycles. The summed E-state index contributed by atoms with van der Waals surface area (Å²) in [7, 11) is 0. The quantitative estimate of drug-likeness (QED) is 0.906. The first-order valence-electron chi connectivity index (χ1n) is 8.77. The van der Waals surface area contributed by atoms with Crippen molar-refractivity contribution in [3.05, 3.63) is 48.4 Å². The van der Waals surface area contributed by atoms with E-state index in [1.165, 1.54) is 51.0 Å². The highest BCUT2D eigenvalue weighted by Crippen LogP contribution is 2.39. The highest BCUT2D eigenvalue weighted by molar-refractivity contribution is 5.85. The number of likely N-dealkylation sites (tertiary alicyclic amines) is 1. The van der Waals surface area contributed by atoms with Crippen molar-refractivity contribution in [2.45, 2.75) is 25.8 Å². The Morgan fingerprint density at radius 1 is 1.08 bits per heavy atom. The van der Waals surface area contributed by atoms with Crippen molar-refractivity contribution in [3.8, 4) is 11.6 Å². The largest absolute Gasteiger partial charge is 0.438 e. The van der Waals surface area contributed by atoms with Crippen LogP contribution in [-0.4, -0.2) is 41.0 Å². The molecular weight excluding hydrogens is 336 g/mol. The monoisotopic (exact) mass is 360 g/mol. The summed E-state index contributed by atoms with van der Waals surface area (Å²) >= 11 is 0.